The molecule has 2 heterocycles. The number of likely N-dealkylation sites (N-methyl/N-ethyl adjacent to an activating group) is 1. The van der Waals surface area contributed by atoms with Crippen molar-refractivity contribution in [1.29, 1.82) is 0 Å². The first kappa shape index (κ1) is 21.6. The van der Waals surface area contributed by atoms with E-state index in [4.69, 9.17) is 21.3 Å². The number of rotatable bonds is 4. The molecule has 0 spiro atoms. The first-order valence-electron chi connectivity index (χ1n) is 9.73. The van der Waals surface area contributed by atoms with Crippen LogP contribution in [-0.2, 0) is 4.74 Å². The van der Waals surface area contributed by atoms with Crippen LogP contribution in [0.1, 0.15) is 30.1 Å². The van der Waals surface area contributed by atoms with Crippen molar-refractivity contribution in [3.05, 3.63) is 65.2 Å². The van der Waals surface area contributed by atoms with E-state index in [1.807, 2.05) is 48.5 Å². The normalized spacial score (nSPS) is 17.0. The van der Waals surface area contributed by atoms with Gasteiger partial charge in [-0.3, -0.25) is 4.90 Å². The third-order valence-corrected chi connectivity index (χ3v) is 5.60. The monoisotopic (exact) mass is 430 g/mol. The van der Waals surface area contributed by atoms with E-state index in [0.717, 1.165) is 48.9 Å². The van der Waals surface area contributed by atoms with Gasteiger partial charge in [0.2, 0.25) is 0 Å². The fraction of sp³-hybridized carbons (Fsp3) is 0.304. The molecule has 0 amide bonds. The third-order valence-electron chi connectivity index (χ3n) is 5.27. The number of carbonyl (C=O) groups excluding carboxylic acids is 1. The number of likely N-dealkylation sites (tertiary alicyclic amines) is 1. The van der Waals surface area contributed by atoms with Crippen LogP contribution in [0.4, 0.5) is 0 Å². The van der Waals surface area contributed by atoms with Crippen LogP contribution in [0, 0.1) is 0 Å². The van der Waals surface area contributed by atoms with Gasteiger partial charge in [0.25, 0.3) is 0 Å². The van der Waals surface area contributed by atoms with Crippen LogP contribution in [0.3, 0.4) is 0 Å². The standard InChI is InChI=1S/C23H23ClN2O2.ClH/c1-2-26-13-7-8-16(15-26)28-23(27)19-14-22(18-10-3-5-11-20(18)24)25-21-12-6-4-9-17(19)21;/h3-6,9-12,14,16H,2,7-8,13,15H2,1H3;1H. The van der Waals surface area contributed by atoms with Crippen LogP contribution in [-0.4, -0.2) is 41.6 Å². The summed E-state index contributed by atoms with van der Waals surface area (Å²) in [4.78, 5) is 20.1. The molecule has 1 fully saturated rings. The van der Waals surface area contributed by atoms with Gasteiger partial charge in [-0.05, 0) is 44.1 Å². The maximum absolute atomic E-state index is 13.1. The first-order valence-corrected chi connectivity index (χ1v) is 10.1. The maximum Gasteiger partial charge on any atom is 0.339 e. The van der Waals surface area contributed by atoms with Gasteiger partial charge in [-0.2, -0.15) is 0 Å². The lowest BCUT2D eigenvalue weighted by Gasteiger charge is -2.31. The lowest BCUT2D eigenvalue weighted by molar-refractivity contribution is 0.00794. The van der Waals surface area contributed by atoms with Crippen molar-refractivity contribution >= 4 is 40.9 Å². The van der Waals surface area contributed by atoms with E-state index in [9.17, 15) is 4.79 Å². The van der Waals surface area contributed by atoms with E-state index in [-0.39, 0.29) is 24.5 Å². The number of ether oxygens (including phenoxy) is 1. The Hall–Kier alpha value is -2.14. The molecule has 3 aromatic rings. The molecule has 0 N–H and O–H groups in total. The Labute approximate surface area is 182 Å². The summed E-state index contributed by atoms with van der Waals surface area (Å²) >= 11 is 6.37. The summed E-state index contributed by atoms with van der Waals surface area (Å²) < 4.78 is 5.90. The van der Waals surface area contributed by atoms with Crippen molar-refractivity contribution < 1.29 is 9.53 Å². The summed E-state index contributed by atoms with van der Waals surface area (Å²) in [5.41, 5.74) is 2.77. The molecular formula is C23H24Cl2N2O2. The van der Waals surface area contributed by atoms with Crippen molar-refractivity contribution in [3.63, 3.8) is 0 Å². The van der Waals surface area contributed by atoms with Crippen molar-refractivity contribution in [2.75, 3.05) is 19.6 Å². The van der Waals surface area contributed by atoms with Crippen molar-refractivity contribution in [2.24, 2.45) is 0 Å². The number of halogens is 2. The molecule has 2 aromatic carbocycles. The number of fused-ring (bicyclic) bond motifs is 1. The minimum atomic E-state index is -0.296. The fourth-order valence-corrected chi connectivity index (χ4v) is 4.00. The molecule has 0 aliphatic carbocycles. The van der Waals surface area contributed by atoms with Crippen molar-refractivity contribution in [2.45, 2.75) is 25.9 Å². The molecule has 152 valence electrons. The average Bonchev–Trinajstić information content (AvgIpc) is 2.73. The number of hydrogen-bond acceptors (Lipinski definition) is 4. The molecule has 1 aliphatic heterocycles. The predicted molar refractivity (Wildman–Crippen MR) is 120 cm³/mol. The van der Waals surface area contributed by atoms with Crippen LogP contribution in [0.5, 0.6) is 0 Å². The molecule has 0 saturated carbocycles. The zero-order chi connectivity index (χ0) is 19.5. The highest BCUT2D eigenvalue weighted by Gasteiger charge is 2.24. The lowest BCUT2D eigenvalue weighted by Crippen LogP contribution is -2.40. The molecule has 0 radical (unpaired) electrons. The zero-order valence-corrected chi connectivity index (χ0v) is 17.9. The molecule has 1 aliphatic rings. The Morgan fingerprint density at radius 1 is 1.21 bits per heavy atom. The second kappa shape index (κ2) is 9.57. The number of pyridine rings is 1. The Balaban J connectivity index is 0.00000240. The van der Waals surface area contributed by atoms with Gasteiger partial charge in [-0.1, -0.05) is 54.9 Å². The van der Waals surface area contributed by atoms with Gasteiger partial charge in [0.15, 0.2) is 0 Å². The quantitative estimate of drug-likeness (QED) is 0.503. The van der Waals surface area contributed by atoms with Gasteiger partial charge in [0, 0.05) is 22.5 Å². The average molecular weight is 431 g/mol. The van der Waals surface area contributed by atoms with Gasteiger partial charge in [0.1, 0.15) is 6.10 Å². The molecule has 1 unspecified atom stereocenters. The number of nitrogens with zero attached hydrogens (tertiary/aromatic N) is 2. The van der Waals surface area contributed by atoms with Gasteiger partial charge >= 0.3 is 5.97 Å². The first-order chi connectivity index (χ1) is 13.7. The van der Waals surface area contributed by atoms with E-state index in [1.54, 1.807) is 6.07 Å². The molecule has 1 saturated heterocycles. The van der Waals surface area contributed by atoms with E-state index in [2.05, 4.69) is 11.8 Å². The highest BCUT2D eigenvalue weighted by atomic mass is 35.5. The van der Waals surface area contributed by atoms with Crippen LogP contribution < -0.4 is 0 Å². The minimum Gasteiger partial charge on any atom is -0.457 e. The maximum atomic E-state index is 13.1. The van der Waals surface area contributed by atoms with Crippen LogP contribution in [0.15, 0.2) is 54.6 Å². The van der Waals surface area contributed by atoms with Crippen molar-refractivity contribution in [1.82, 2.24) is 9.88 Å². The van der Waals surface area contributed by atoms with Gasteiger partial charge in [-0.25, -0.2) is 9.78 Å². The molecule has 0 bridgehead atoms. The summed E-state index contributed by atoms with van der Waals surface area (Å²) in [6, 6.07) is 17.0. The topological polar surface area (TPSA) is 42.4 Å². The molecule has 6 heteroatoms. The van der Waals surface area contributed by atoms with E-state index < -0.39 is 0 Å². The Kier molecular flexibility index (Phi) is 7.12. The van der Waals surface area contributed by atoms with Crippen LogP contribution in [0.2, 0.25) is 5.02 Å². The van der Waals surface area contributed by atoms with Crippen LogP contribution >= 0.6 is 24.0 Å². The summed E-state index contributed by atoms with van der Waals surface area (Å²) in [5, 5.41) is 1.40. The third kappa shape index (κ3) is 4.72. The SMILES string of the molecule is CCN1CCCC(OC(=O)c2cc(-c3ccccc3Cl)nc3ccccc23)C1.Cl. The number of benzene rings is 2. The number of carbonyl (C=O) groups is 1. The molecule has 29 heavy (non-hydrogen) atoms. The molecule has 1 aromatic heterocycles. The summed E-state index contributed by atoms with van der Waals surface area (Å²) in [6.07, 6.45) is 1.88. The second-order valence-corrected chi connectivity index (χ2v) is 7.52. The fourth-order valence-electron chi connectivity index (χ4n) is 3.76. The lowest BCUT2D eigenvalue weighted by atomic mass is 10.0. The van der Waals surface area contributed by atoms with E-state index >= 15 is 0 Å². The van der Waals surface area contributed by atoms with E-state index in [1.165, 1.54) is 0 Å². The number of piperidine rings is 1. The van der Waals surface area contributed by atoms with Gasteiger partial charge in [0.05, 0.1) is 16.8 Å². The predicted octanol–water partition coefficient (Wildman–Crippen LogP) is 5.62. The second-order valence-electron chi connectivity index (χ2n) is 7.11. The van der Waals surface area contributed by atoms with Gasteiger partial charge in [-0.15, -0.1) is 12.4 Å². The Morgan fingerprint density at radius 2 is 1.97 bits per heavy atom. The largest absolute Gasteiger partial charge is 0.457 e. The zero-order valence-electron chi connectivity index (χ0n) is 16.3. The van der Waals surface area contributed by atoms with E-state index in [0.29, 0.717) is 16.3 Å². The number of para-hydroxylation sites is 1. The summed E-state index contributed by atoms with van der Waals surface area (Å²) in [5.74, 6) is -0.296. The Bertz CT molecular complexity index is 1010. The minimum absolute atomic E-state index is 0. The molecule has 4 rings (SSSR count). The Morgan fingerprint density at radius 3 is 2.76 bits per heavy atom. The molecular weight excluding hydrogens is 407 g/mol. The van der Waals surface area contributed by atoms with Crippen LogP contribution in [0.25, 0.3) is 22.2 Å². The smallest absolute Gasteiger partial charge is 0.339 e. The van der Waals surface area contributed by atoms with Crippen molar-refractivity contribution in [3.8, 4) is 11.3 Å². The summed E-state index contributed by atoms with van der Waals surface area (Å²) in [6.45, 7) is 4.97. The molecule has 4 nitrogen and oxygen atoms in total. The number of hydrogen-bond donors (Lipinski definition) is 0. The van der Waals surface area contributed by atoms with Gasteiger partial charge < -0.3 is 4.74 Å². The molecule has 1 atom stereocenters. The number of aromatic nitrogens is 1. The number of esters is 1. The summed E-state index contributed by atoms with van der Waals surface area (Å²) in [7, 11) is 0. The highest BCUT2D eigenvalue weighted by molar-refractivity contribution is 6.33. The highest BCUT2D eigenvalue weighted by Crippen LogP contribution is 2.30.